The van der Waals surface area contributed by atoms with Crippen molar-refractivity contribution < 1.29 is 4.79 Å². The van der Waals surface area contributed by atoms with Crippen LogP contribution in [-0.2, 0) is 13.1 Å². The van der Waals surface area contributed by atoms with Crippen LogP contribution in [-0.4, -0.2) is 20.9 Å². The van der Waals surface area contributed by atoms with Gasteiger partial charge in [0.25, 0.3) is 5.91 Å². The summed E-state index contributed by atoms with van der Waals surface area (Å²) < 4.78 is 0. The third-order valence-electron chi connectivity index (χ3n) is 3.43. The number of amides is 1. The van der Waals surface area contributed by atoms with E-state index in [-0.39, 0.29) is 5.91 Å². The minimum Gasteiger partial charge on any atom is -0.350 e. The number of pyridine rings is 1. The Kier molecular flexibility index (Phi) is 5.53. The lowest BCUT2D eigenvalue weighted by Crippen LogP contribution is -2.23. The molecule has 0 fully saturated rings. The predicted molar refractivity (Wildman–Crippen MR) is 96.2 cm³/mol. The van der Waals surface area contributed by atoms with E-state index < -0.39 is 0 Å². The van der Waals surface area contributed by atoms with E-state index in [1.54, 1.807) is 6.20 Å². The summed E-state index contributed by atoms with van der Waals surface area (Å²) in [5.41, 5.74) is 2.25. The Morgan fingerprint density at radius 2 is 1.72 bits per heavy atom. The van der Waals surface area contributed by atoms with E-state index in [0.717, 1.165) is 11.3 Å². The molecule has 0 aliphatic rings. The summed E-state index contributed by atoms with van der Waals surface area (Å²) in [6.45, 7) is 0.929. The number of hydrogen-bond donors (Lipinski definition) is 2. The maximum atomic E-state index is 12.1. The fourth-order valence-corrected chi connectivity index (χ4v) is 2.22. The summed E-state index contributed by atoms with van der Waals surface area (Å²) in [6, 6.07) is 13.1. The maximum absolute atomic E-state index is 12.1. The van der Waals surface area contributed by atoms with Crippen LogP contribution in [0.15, 0.2) is 61.1 Å². The van der Waals surface area contributed by atoms with Gasteiger partial charge in [0.1, 0.15) is 0 Å². The molecule has 0 saturated heterocycles. The minimum atomic E-state index is -0.241. The normalized spacial score (nSPS) is 10.3. The minimum absolute atomic E-state index is 0.241. The highest BCUT2D eigenvalue weighted by atomic mass is 35.5. The molecule has 0 spiro atoms. The van der Waals surface area contributed by atoms with Crippen LogP contribution in [0.2, 0.25) is 5.02 Å². The standard InChI is InChI=1S/C18H16ClN5O/c19-15-6-4-13(5-7-15)9-22-18-23-10-14(11-24-18)17(25)21-12-16-3-1-2-8-20-16/h1-8,10-11H,9,12H2,(H,21,25)(H,22,23,24). The van der Waals surface area contributed by atoms with Gasteiger partial charge in [-0.3, -0.25) is 9.78 Å². The molecule has 1 amide bonds. The molecular weight excluding hydrogens is 338 g/mol. The number of hydrogen-bond acceptors (Lipinski definition) is 5. The Bertz CT molecular complexity index is 822. The quantitative estimate of drug-likeness (QED) is 0.712. The van der Waals surface area contributed by atoms with Crippen molar-refractivity contribution >= 4 is 23.5 Å². The molecule has 0 atom stereocenters. The molecular formula is C18H16ClN5O. The number of nitrogens with zero attached hydrogens (tertiary/aromatic N) is 3. The van der Waals surface area contributed by atoms with E-state index in [1.165, 1.54) is 12.4 Å². The molecule has 25 heavy (non-hydrogen) atoms. The zero-order chi connectivity index (χ0) is 17.5. The molecule has 2 heterocycles. The topological polar surface area (TPSA) is 79.8 Å². The number of anilines is 1. The molecule has 0 aliphatic carbocycles. The van der Waals surface area contributed by atoms with Crippen LogP contribution >= 0.6 is 11.6 Å². The molecule has 6 nitrogen and oxygen atoms in total. The maximum Gasteiger partial charge on any atom is 0.254 e. The van der Waals surface area contributed by atoms with Crippen molar-refractivity contribution in [3.63, 3.8) is 0 Å². The van der Waals surface area contributed by atoms with Gasteiger partial charge in [0.15, 0.2) is 0 Å². The van der Waals surface area contributed by atoms with Gasteiger partial charge in [0, 0.05) is 30.2 Å². The van der Waals surface area contributed by atoms with E-state index in [9.17, 15) is 4.79 Å². The van der Waals surface area contributed by atoms with Gasteiger partial charge in [0.05, 0.1) is 17.8 Å². The summed E-state index contributed by atoms with van der Waals surface area (Å²) in [5, 5.41) is 6.58. The number of nitrogens with one attached hydrogen (secondary N) is 2. The summed E-state index contributed by atoms with van der Waals surface area (Å²) in [7, 11) is 0. The number of benzene rings is 1. The van der Waals surface area contributed by atoms with Crippen LogP contribution in [0.4, 0.5) is 5.95 Å². The second kappa shape index (κ2) is 8.21. The van der Waals surface area contributed by atoms with Crippen molar-refractivity contribution in [1.29, 1.82) is 0 Å². The van der Waals surface area contributed by atoms with Crippen molar-refractivity contribution in [3.8, 4) is 0 Å². The molecule has 126 valence electrons. The molecule has 3 aromatic rings. The first-order valence-corrected chi connectivity index (χ1v) is 8.07. The fourth-order valence-electron chi connectivity index (χ4n) is 2.10. The Balaban J connectivity index is 1.52. The fraction of sp³-hybridized carbons (Fsp3) is 0.111. The summed E-state index contributed by atoms with van der Waals surface area (Å²) in [5.74, 6) is 0.214. The van der Waals surface area contributed by atoms with Gasteiger partial charge in [0.2, 0.25) is 5.95 Å². The van der Waals surface area contributed by atoms with Crippen molar-refractivity contribution in [2.45, 2.75) is 13.1 Å². The van der Waals surface area contributed by atoms with Crippen molar-refractivity contribution in [2.75, 3.05) is 5.32 Å². The molecule has 2 aromatic heterocycles. The summed E-state index contributed by atoms with van der Waals surface area (Å²) >= 11 is 5.85. The van der Waals surface area contributed by atoms with Crippen LogP contribution < -0.4 is 10.6 Å². The highest BCUT2D eigenvalue weighted by molar-refractivity contribution is 6.30. The lowest BCUT2D eigenvalue weighted by molar-refractivity contribution is 0.0949. The van der Waals surface area contributed by atoms with E-state index in [4.69, 9.17) is 11.6 Å². The lowest BCUT2D eigenvalue weighted by atomic mass is 10.2. The predicted octanol–water partition coefficient (Wildman–Crippen LogP) is 3.07. The average Bonchev–Trinajstić information content (AvgIpc) is 2.67. The molecule has 0 saturated carbocycles. The molecule has 0 unspecified atom stereocenters. The van der Waals surface area contributed by atoms with Crippen LogP contribution in [0.5, 0.6) is 0 Å². The van der Waals surface area contributed by atoms with Crippen LogP contribution in [0.3, 0.4) is 0 Å². The number of aromatic nitrogens is 3. The Morgan fingerprint density at radius 3 is 2.40 bits per heavy atom. The first-order chi connectivity index (χ1) is 12.2. The van der Waals surface area contributed by atoms with Crippen LogP contribution in [0.1, 0.15) is 21.6 Å². The van der Waals surface area contributed by atoms with Crippen molar-refractivity contribution in [3.05, 3.63) is 82.9 Å². The Morgan fingerprint density at radius 1 is 0.960 bits per heavy atom. The highest BCUT2D eigenvalue weighted by Gasteiger charge is 2.07. The molecule has 0 aliphatic heterocycles. The van der Waals surface area contributed by atoms with Gasteiger partial charge in [-0.2, -0.15) is 0 Å². The highest BCUT2D eigenvalue weighted by Crippen LogP contribution is 2.10. The third-order valence-corrected chi connectivity index (χ3v) is 3.69. The first kappa shape index (κ1) is 16.9. The molecule has 2 N–H and O–H groups in total. The SMILES string of the molecule is O=C(NCc1ccccn1)c1cnc(NCc2ccc(Cl)cc2)nc1. The first-order valence-electron chi connectivity index (χ1n) is 7.69. The second-order valence-corrected chi connectivity index (χ2v) is 5.72. The summed E-state index contributed by atoms with van der Waals surface area (Å²) in [6.07, 6.45) is 4.67. The lowest BCUT2D eigenvalue weighted by Gasteiger charge is -2.07. The van der Waals surface area contributed by atoms with Gasteiger partial charge in [-0.15, -0.1) is 0 Å². The van der Waals surface area contributed by atoms with E-state index in [1.807, 2.05) is 42.5 Å². The second-order valence-electron chi connectivity index (χ2n) is 5.28. The van der Waals surface area contributed by atoms with Gasteiger partial charge in [-0.25, -0.2) is 9.97 Å². The molecule has 0 bridgehead atoms. The average molecular weight is 354 g/mol. The van der Waals surface area contributed by atoms with Gasteiger partial charge >= 0.3 is 0 Å². The zero-order valence-corrected chi connectivity index (χ0v) is 14.1. The summed E-state index contributed by atoms with van der Waals surface area (Å²) in [4.78, 5) is 24.6. The monoisotopic (exact) mass is 353 g/mol. The van der Waals surface area contributed by atoms with Crippen LogP contribution in [0.25, 0.3) is 0 Å². The van der Waals surface area contributed by atoms with E-state index in [0.29, 0.717) is 29.6 Å². The number of carbonyl (C=O) groups excluding carboxylic acids is 1. The number of rotatable bonds is 6. The van der Waals surface area contributed by atoms with Crippen LogP contribution in [0, 0.1) is 0 Å². The van der Waals surface area contributed by atoms with Gasteiger partial charge in [-0.1, -0.05) is 29.8 Å². The molecule has 3 rings (SSSR count). The van der Waals surface area contributed by atoms with Gasteiger partial charge in [-0.05, 0) is 29.8 Å². The molecule has 7 heteroatoms. The smallest absolute Gasteiger partial charge is 0.254 e. The number of halogens is 1. The molecule has 0 radical (unpaired) electrons. The van der Waals surface area contributed by atoms with Gasteiger partial charge < -0.3 is 10.6 Å². The van der Waals surface area contributed by atoms with Crippen molar-refractivity contribution in [2.24, 2.45) is 0 Å². The largest absolute Gasteiger partial charge is 0.350 e. The van der Waals surface area contributed by atoms with E-state index in [2.05, 4.69) is 25.6 Å². The molecule has 1 aromatic carbocycles. The zero-order valence-electron chi connectivity index (χ0n) is 13.3. The number of carbonyl (C=O) groups is 1. The third kappa shape index (κ3) is 4.99. The van der Waals surface area contributed by atoms with Crippen molar-refractivity contribution in [1.82, 2.24) is 20.3 Å². The van der Waals surface area contributed by atoms with E-state index >= 15 is 0 Å². The Labute approximate surface area is 150 Å². The Hall–Kier alpha value is -2.99.